The fourth-order valence-electron chi connectivity index (χ4n) is 2.17. The van der Waals surface area contributed by atoms with E-state index in [1.165, 1.54) is 11.1 Å². The Bertz CT molecular complexity index is 717. The van der Waals surface area contributed by atoms with Crippen LogP contribution in [-0.2, 0) is 0 Å². The van der Waals surface area contributed by atoms with Gasteiger partial charge in [-0.15, -0.1) is 0 Å². The maximum Gasteiger partial charge on any atom is 0.187 e. The minimum Gasteiger partial charge on any atom is -0.490 e. The van der Waals surface area contributed by atoms with E-state index < -0.39 is 0 Å². The van der Waals surface area contributed by atoms with Crippen molar-refractivity contribution in [2.45, 2.75) is 18.2 Å². The van der Waals surface area contributed by atoms with Gasteiger partial charge in [0.1, 0.15) is 11.9 Å². The third-order valence-corrected chi connectivity index (χ3v) is 4.39. The summed E-state index contributed by atoms with van der Waals surface area (Å²) in [6.07, 6.45) is 3.60. The van der Waals surface area contributed by atoms with Gasteiger partial charge in [0.2, 0.25) is 0 Å². The molecule has 0 saturated heterocycles. The summed E-state index contributed by atoms with van der Waals surface area (Å²) in [4.78, 5) is 8.40. The molecule has 3 nitrogen and oxygen atoms in total. The van der Waals surface area contributed by atoms with E-state index in [0.717, 1.165) is 16.7 Å². The molecule has 0 radical (unpaired) electrons. The van der Waals surface area contributed by atoms with Crippen LogP contribution in [0.1, 0.15) is 6.92 Å². The average Bonchev–Trinajstić information content (AvgIpc) is 2.62. The Morgan fingerprint density at radius 2 is 1.52 bits per heavy atom. The number of benzene rings is 2. The number of rotatable bonds is 6. The van der Waals surface area contributed by atoms with Crippen LogP contribution in [0, 0.1) is 0 Å². The van der Waals surface area contributed by atoms with Gasteiger partial charge in [0.15, 0.2) is 5.16 Å². The average molecular weight is 322 g/mol. The van der Waals surface area contributed by atoms with Gasteiger partial charge in [-0.05, 0) is 36.2 Å². The first-order valence-corrected chi connectivity index (χ1v) is 8.52. The number of thioether (sulfide) groups is 1. The summed E-state index contributed by atoms with van der Waals surface area (Å²) < 4.78 is 5.95. The summed E-state index contributed by atoms with van der Waals surface area (Å²) >= 11 is 1.60. The minimum absolute atomic E-state index is 0.0892. The zero-order valence-electron chi connectivity index (χ0n) is 12.9. The Hall–Kier alpha value is -2.33. The van der Waals surface area contributed by atoms with Crippen LogP contribution in [0.2, 0.25) is 0 Å². The van der Waals surface area contributed by atoms with Crippen molar-refractivity contribution >= 4 is 11.8 Å². The highest BCUT2D eigenvalue weighted by molar-refractivity contribution is 7.99. The van der Waals surface area contributed by atoms with Crippen molar-refractivity contribution < 1.29 is 4.74 Å². The molecule has 1 aromatic heterocycles. The number of aromatic nitrogens is 2. The highest BCUT2D eigenvalue weighted by Crippen LogP contribution is 2.23. The van der Waals surface area contributed by atoms with E-state index >= 15 is 0 Å². The first-order valence-electron chi connectivity index (χ1n) is 7.53. The van der Waals surface area contributed by atoms with Gasteiger partial charge in [0.25, 0.3) is 0 Å². The summed E-state index contributed by atoms with van der Waals surface area (Å²) in [6, 6.07) is 20.4. The van der Waals surface area contributed by atoms with Crippen molar-refractivity contribution in [1.29, 1.82) is 0 Å². The number of hydrogen-bond donors (Lipinski definition) is 0. The Morgan fingerprint density at radius 1 is 0.870 bits per heavy atom. The SMILES string of the molecule is CC(CSc1ncccn1)Oc1ccc(-c2ccccc2)cc1. The van der Waals surface area contributed by atoms with E-state index in [1.54, 1.807) is 24.2 Å². The zero-order chi connectivity index (χ0) is 15.9. The number of ether oxygens (including phenoxy) is 1. The van der Waals surface area contributed by atoms with Crippen LogP contribution in [0.3, 0.4) is 0 Å². The molecule has 1 unspecified atom stereocenters. The molecule has 3 aromatic rings. The monoisotopic (exact) mass is 322 g/mol. The number of nitrogens with zero attached hydrogens (tertiary/aromatic N) is 2. The van der Waals surface area contributed by atoms with Gasteiger partial charge in [0.05, 0.1) is 0 Å². The molecule has 0 bridgehead atoms. The van der Waals surface area contributed by atoms with E-state index in [0.29, 0.717) is 0 Å². The Morgan fingerprint density at radius 3 is 2.22 bits per heavy atom. The van der Waals surface area contributed by atoms with Crippen molar-refractivity contribution in [3.8, 4) is 16.9 Å². The second-order valence-corrected chi connectivity index (χ2v) is 6.15. The summed E-state index contributed by atoms with van der Waals surface area (Å²) in [5.74, 6) is 1.69. The molecule has 4 heteroatoms. The van der Waals surface area contributed by atoms with Gasteiger partial charge in [-0.3, -0.25) is 0 Å². The molecule has 116 valence electrons. The summed E-state index contributed by atoms with van der Waals surface area (Å²) in [7, 11) is 0. The molecule has 0 saturated carbocycles. The molecule has 0 amide bonds. The van der Waals surface area contributed by atoms with Crippen molar-refractivity contribution in [3.63, 3.8) is 0 Å². The lowest BCUT2D eigenvalue weighted by molar-refractivity contribution is 0.247. The van der Waals surface area contributed by atoms with E-state index in [2.05, 4.69) is 41.2 Å². The van der Waals surface area contributed by atoms with Crippen LogP contribution in [0.15, 0.2) is 78.2 Å². The van der Waals surface area contributed by atoms with Crippen LogP contribution in [-0.4, -0.2) is 21.8 Å². The van der Waals surface area contributed by atoms with E-state index in [-0.39, 0.29) is 6.10 Å². The molecule has 1 heterocycles. The second-order valence-electron chi connectivity index (χ2n) is 5.16. The molecule has 23 heavy (non-hydrogen) atoms. The Labute approximate surface area is 140 Å². The van der Waals surface area contributed by atoms with E-state index in [1.807, 2.05) is 36.4 Å². The predicted octanol–water partition coefficient (Wildman–Crippen LogP) is 4.70. The third-order valence-electron chi connectivity index (χ3n) is 3.29. The molecule has 2 aromatic carbocycles. The highest BCUT2D eigenvalue weighted by atomic mass is 32.2. The van der Waals surface area contributed by atoms with Crippen molar-refractivity contribution in [2.24, 2.45) is 0 Å². The molecule has 0 spiro atoms. The Kier molecular flexibility index (Phi) is 5.27. The molecule has 0 aliphatic heterocycles. The van der Waals surface area contributed by atoms with Crippen molar-refractivity contribution in [2.75, 3.05) is 5.75 Å². The minimum atomic E-state index is 0.0892. The van der Waals surface area contributed by atoms with Gasteiger partial charge in [0, 0.05) is 18.1 Å². The van der Waals surface area contributed by atoms with Crippen molar-refractivity contribution in [3.05, 3.63) is 73.1 Å². The fraction of sp³-hybridized carbons (Fsp3) is 0.158. The van der Waals surface area contributed by atoms with E-state index in [4.69, 9.17) is 4.74 Å². The quantitative estimate of drug-likeness (QED) is 0.486. The van der Waals surface area contributed by atoms with Gasteiger partial charge in [-0.2, -0.15) is 0 Å². The molecular formula is C19H18N2OS. The second kappa shape index (κ2) is 7.79. The lowest BCUT2D eigenvalue weighted by atomic mass is 10.1. The third kappa shape index (κ3) is 4.57. The standard InChI is InChI=1S/C19H18N2OS/c1-15(14-23-19-20-12-5-13-21-19)22-18-10-8-17(9-11-18)16-6-3-2-4-7-16/h2-13,15H,14H2,1H3. The van der Waals surface area contributed by atoms with Crippen LogP contribution in [0.5, 0.6) is 5.75 Å². The maximum atomic E-state index is 5.95. The Balaban J connectivity index is 1.55. The molecule has 0 N–H and O–H groups in total. The van der Waals surface area contributed by atoms with Crippen LogP contribution in [0.25, 0.3) is 11.1 Å². The fourth-order valence-corrected chi connectivity index (χ4v) is 2.90. The molecule has 0 aliphatic carbocycles. The lowest BCUT2D eigenvalue weighted by Gasteiger charge is -2.14. The largest absolute Gasteiger partial charge is 0.490 e. The molecule has 0 aliphatic rings. The maximum absolute atomic E-state index is 5.95. The predicted molar refractivity (Wildman–Crippen MR) is 94.7 cm³/mol. The number of hydrogen-bond acceptors (Lipinski definition) is 4. The smallest absolute Gasteiger partial charge is 0.187 e. The normalized spacial score (nSPS) is 11.9. The van der Waals surface area contributed by atoms with Gasteiger partial charge >= 0.3 is 0 Å². The molecule has 0 fully saturated rings. The van der Waals surface area contributed by atoms with Crippen LogP contribution >= 0.6 is 11.8 Å². The van der Waals surface area contributed by atoms with Crippen LogP contribution in [0.4, 0.5) is 0 Å². The first-order chi connectivity index (χ1) is 11.3. The molecule has 1 atom stereocenters. The van der Waals surface area contributed by atoms with Crippen LogP contribution < -0.4 is 4.74 Å². The van der Waals surface area contributed by atoms with Gasteiger partial charge in [-0.1, -0.05) is 54.2 Å². The van der Waals surface area contributed by atoms with Crippen molar-refractivity contribution in [1.82, 2.24) is 9.97 Å². The summed E-state index contributed by atoms with van der Waals surface area (Å²) in [6.45, 7) is 2.06. The summed E-state index contributed by atoms with van der Waals surface area (Å²) in [5, 5.41) is 0.780. The van der Waals surface area contributed by atoms with Gasteiger partial charge in [-0.25, -0.2) is 9.97 Å². The van der Waals surface area contributed by atoms with Gasteiger partial charge < -0.3 is 4.74 Å². The van der Waals surface area contributed by atoms with E-state index in [9.17, 15) is 0 Å². The lowest BCUT2D eigenvalue weighted by Crippen LogP contribution is -2.14. The highest BCUT2D eigenvalue weighted by Gasteiger charge is 2.07. The first kappa shape index (κ1) is 15.6. The zero-order valence-corrected chi connectivity index (χ0v) is 13.7. The summed E-state index contributed by atoms with van der Waals surface area (Å²) in [5.41, 5.74) is 2.40. The topological polar surface area (TPSA) is 35.0 Å². The molecule has 3 rings (SSSR count). The molecular weight excluding hydrogens is 304 g/mol.